The number of carbonyl (C=O) groups is 1. The third-order valence-corrected chi connectivity index (χ3v) is 6.48. The number of fused-ring (bicyclic) bond motifs is 1. The number of alkyl halides is 9. The van der Waals surface area contributed by atoms with Crippen LogP contribution in [0.5, 0.6) is 0 Å². The first-order chi connectivity index (χ1) is 19.4. The van der Waals surface area contributed by atoms with Gasteiger partial charge in [-0.3, -0.25) is 4.90 Å². The zero-order valence-corrected chi connectivity index (χ0v) is 22.1. The molecule has 0 unspecified atom stereocenters. The molecule has 17 heteroatoms. The lowest BCUT2D eigenvalue weighted by Crippen LogP contribution is -2.47. The minimum Gasteiger partial charge on any atom is -0.446 e. The number of aromatic amines is 1. The second-order valence-electron chi connectivity index (χ2n) is 9.93. The van der Waals surface area contributed by atoms with Gasteiger partial charge in [0.05, 0.1) is 34.5 Å². The number of hydrogen-bond acceptors (Lipinski definition) is 6. The first-order valence-corrected chi connectivity index (χ1v) is 12.4. The van der Waals surface area contributed by atoms with E-state index in [2.05, 4.69) is 20.6 Å². The lowest BCUT2D eigenvalue weighted by Gasteiger charge is -2.43. The molecular weight excluding hydrogens is 587 g/mol. The van der Waals surface area contributed by atoms with Crippen LogP contribution in [0.1, 0.15) is 61.1 Å². The number of ether oxygens (including phenoxy) is 1. The van der Waals surface area contributed by atoms with Crippen LogP contribution >= 0.6 is 0 Å². The van der Waals surface area contributed by atoms with E-state index < -0.39 is 71.6 Å². The number of amides is 1. The number of aromatic nitrogens is 4. The zero-order chi connectivity index (χ0) is 31.2. The summed E-state index contributed by atoms with van der Waals surface area (Å²) >= 11 is 0. The highest BCUT2D eigenvalue weighted by Gasteiger charge is 2.42. The van der Waals surface area contributed by atoms with Crippen molar-refractivity contribution in [3.63, 3.8) is 0 Å². The van der Waals surface area contributed by atoms with Crippen LogP contribution < -0.4 is 9.80 Å². The van der Waals surface area contributed by atoms with E-state index in [4.69, 9.17) is 4.74 Å². The summed E-state index contributed by atoms with van der Waals surface area (Å²) in [7, 11) is 0. The third-order valence-electron chi connectivity index (χ3n) is 6.48. The fourth-order valence-corrected chi connectivity index (χ4v) is 4.75. The van der Waals surface area contributed by atoms with E-state index in [1.165, 1.54) is 0 Å². The van der Waals surface area contributed by atoms with Crippen molar-refractivity contribution >= 4 is 17.7 Å². The fourth-order valence-electron chi connectivity index (χ4n) is 4.75. The molecule has 1 amide bonds. The van der Waals surface area contributed by atoms with Crippen molar-refractivity contribution in [1.82, 2.24) is 20.6 Å². The zero-order valence-electron chi connectivity index (χ0n) is 22.1. The molecule has 0 fully saturated rings. The number of carbonyl (C=O) groups excluding carboxylic acids is 1. The van der Waals surface area contributed by atoms with Gasteiger partial charge in [-0.25, -0.2) is 4.79 Å². The van der Waals surface area contributed by atoms with Crippen LogP contribution in [-0.2, 0) is 29.8 Å². The Hall–Kier alpha value is -4.05. The molecule has 0 saturated heterocycles. The largest absolute Gasteiger partial charge is 0.446 e. The van der Waals surface area contributed by atoms with Gasteiger partial charge in [-0.2, -0.15) is 44.7 Å². The van der Waals surface area contributed by atoms with Gasteiger partial charge in [-0.1, -0.05) is 5.10 Å². The van der Waals surface area contributed by atoms with Gasteiger partial charge >= 0.3 is 24.6 Å². The Morgan fingerprint density at radius 3 is 2.07 bits per heavy atom. The van der Waals surface area contributed by atoms with Crippen LogP contribution in [0.2, 0.25) is 0 Å². The van der Waals surface area contributed by atoms with Gasteiger partial charge in [-0.15, -0.1) is 5.10 Å². The average molecular weight is 610 g/mol. The van der Waals surface area contributed by atoms with Gasteiger partial charge in [0.15, 0.2) is 0 Å². The SMILES string of the molecule is CC(C)OC(=O)N1c2ccc(C(F)(F)F)cc2[C@@H](N(Cc2cc(C(F)(F)F)cc(C(F)(F)F)c2)c2nn[nH]n2)C[C@H]1C. The first-order valence-electron chi connectivity index (χ1n) is 12.4. The van der Waals surface area contributed by atoms with Gasteiger partial charge in [0.1, 0.15) is 0 Å². The van der Waals surface area contributed by atoms with Crippen LogP contribution in [0.3, 0.4) is 0 Å². The van der Waals surface area contributed by atoms with Crippen molar-refractivity contribution in [1.29, 1.82) is 0 Å². The summed E-state index contributed by atoms with van der Waals surface area (Å²) in [4.78, 5) is 15.2. The van der Waals surface area contributed by atoms with Crippen LogP contribution in [0.25, 0.3) is 0 Å². The molecule has 4 rings (SSSR count). The van der Waals surface area contributed by atoms with Gasteiger partial charge in [-0.05, 0) is 79.9 Å². The number of hydrogen-bond donors (Lipinski definition) is 1. The van der Waals surface area contributed by atoms with Crippen molar-refractivity contribution in [2.24, 2.45) is 0 Å². The molecule has 2 aromatic carbocycles. The first kappa shape index (κ1) is 30.9. The summed E-state index contributed by atoms with van der Waals surface area (Å²) in [5, 5.41) is 13.1. The third kappa shape index (κ3) is 6.54. The Morgan fingerprint density at radius 1 is 0.976 bits per heavy atom. The van der Waals surface area contributed by atoms with E-state index in [-0.39, 0.29) is 29.7 Å². The van der Waals surface area contributed by atoms with Crippen molar-refractivity contribution in [2.75, 3.05) is 9.80 Å². The highest BCUT2D eigenvalue weighted by atomic mass is 19.4. The lowest BCUT2D eigenvalue weighted by atomic mass is 9.89. The van der Waals surface area contributed by atoms with Crippen molar-refractivity contribution in [3.8, 4) is 0 Å². The Balaban J connectivity index is 1.88. The maximum atomic E-state index is 13.8. The van der Waals surface area contributed by atoms with Crippen molar-refractivity contribution in [2.45, 2.75) is 70.5 Å². The summed E-state index contributed by atoms with van der Waals surface area (Å²) in [6.07, 6.45) is -16.6. The molecule has 2 heterocycles. The summed E-state index contributed by atoms with van der Waals surface area (Å²) in [6.45, 7) is 4.03. The Kier molecular flexibility index (Phi) is 8.08. The molecule has 0 saturated carbocycles. The standard InChI is InChI=1S/C25H23F9N6O2/c1-12(2)42-22(41)40-13(3)6-20(18-10-15(23(26,27)28)4-5-19(18)40)39(21-35-37-38-36-21)11-14-7-16(24(29,30)31)9-17(8-14)25(32,33)34/h4-5,7-10,12-13,20H,6,11H2,1-3H3,(H,35,36,37,38)/t13-,20+/m1/s1. The quantitative estimate of drug-likeness (QED) is 0.309. The summed E-state index contributed by atoms with van der Waals surface area (Å²) < 4.78 is 128. The maximum Gasteiger partial charge on any atom is 0.416 e. The highest BCUT2D eigenvalue weighted by Crippen LogP contribution is 2.45. The molecule has 2 atom stereocenters. The minimum absolute atomic E-state index is 0.00548. The Morgan fingerprint density at radius 2 is 1.57 bits per heavy atom. The molecule has 1 N–H and O–H groups in total. The summed E-state index contributed by atoms with van der Waals surface area (Å²) in [5.41, 5.74) is -4.80. The molecule has 1 aromatic heterocycles. The van der Waals surface area contributed by atoms with Crippen LogP contribution in [0.15, 0.2) is 36.4 Å². The van der Waals surface area contributed by atoms with Gasteiger partial charge in [0.2, 0.25) is 0 Å². The molecule has 42 heavy (non-hydrogen) atoms. The topological polar surface area (TPSA) is 87.2 Å². The number of H-pyrrole nitrogens is 1. The van der Waals surface area contributed by atoms with Crippen molar-refractivity contribution < 1.29 is 49.0 Å². The second kappa shape index (κ2) is 11.0. The highest BCUT2D eigenvalue weighted by molar-refractivity contribution is 5.90. The van der Waals surface area contributed by atoms with Gasteiger partial charge in [0.25, 0.3) is 5.95 Å². The van der Waals surface area contributed by atoms with E-state index in [1.807, 2.05) is 0 Å². The molecule has 228 valence electrons. The number of nitrogens with zero attached hydrogens (tertiary/aromatic N) is 5. The predicted molar refractivity (Wildman–Crippen MR) is 129 cm³/mol. The summed E-state index contributed by atoms with van der Waals surface area (Å²) in [5.74, 6) is -0.306. The minimum atomic E-state index is -5.13. The Bertz CT molecular complexity index is 1390. The number of rotatable bonds is 5. The number of tetrazole rings is 1. The van der Waals surface area contributed by atoms with Crippen molar-refractivity contribution in [3.05, 3.63) is 64.2 Å². The smallest absolute Gasteiger partial charge is 0.416 e. The normalized spacial score (nSPS) is 17.8. The molecule has 0 aliphatic carbocycles. The average Bonchev–Trinajstić information content (AvgIpc) is 3.39. The molecule has 1 aliphatic rings. The van der Waals surface area contributed by atoms with E-state index in [1.54, 1.807) is 20.8 Å². The van der Waals surface area contributed by atoms with Crippen LogP contribution in [0, 0.1) is 0 Å². The van der Waals surface area contributed by atoms with E-state index in [0.717, 1.165) is 28.0 Å². The number of benzene rings is 2. The molecule has 0 radical (unpaired) electrons. The Labute approximate surface area is 232 Å². The predicted octanol–water partition coefficient (Wildman–Crippen LogP) is 7.15. The van der Waals surface area contributed by atoms with Crippen LogP contribution in [-0.4, -0.2) is 38.9 Å². The molecule has 0 bridgehead atoms. The second-order valence-corrected chi connectivity index (χ2v) is 9.93. The molecule has 1 aliphatic heterocycles. The fraction of sp³-hybridized carbons (Fsp3) is 0.440. The van der Waals surface area contributed by atoms with E-state index in [0.29, 0.717) is 12.1 Å². The molecular formula is C25H23F9N6O2. The molecule has 8 nitrogen and oxygen atoms in total. The molecule has 3 aromatic rings. The van der Waals surface area contributed by atoms with Crippen LogP contribution in [0.4, 0.5) is 55.9 Å². The number of anilines is 2. The number of nitrogens with one attached hydrogen (secondary N) is 1. The number of halogens is 9. The lowest BCUT2D eigenvalue weighted by molar-refractivity contribution is -0.143. The van der Waals surface area contributed by atoms with E-state index >= 15 is 0 Å². The van der Waals surface area contributed by atoms with Gasteiger partial charge < -0.3 is 9.64 Å². The van der Waals surface area contributed by atoms with E-state index in [9.17, 15) is 44.3 Å². The molecule has 0 spiro atoms. The summed E-state index contributed by atoms with van der Waals surface area (Å²) in [6, 6.07) is 1.67. The van der Waals surface area contributed by atoms with Gasteiger partial charge in [0, 0.05) is 12.6 Å². The maximum absolute atomic E-state index is 13.8. The monoisotopic (exact) mass is 610 g/mol.